The van der Waals surface area contributed by atoms with Gasteiger partial charge in [0.15, 0.2) is 12.2 Å². The van der Waals surface area contributed by atoms with Gasteiger partial charge in [0.1, 0.15) is 19.3 Å². The monoisotopic (exact) mass is 1450 g/mol. The molecule has 0 saturated carbocycles. The first-order valence-corrected chi connectivity index (χ1v) is 44.2. The van der Waals surface area contributed by atoms with E-state index in [1.165, 1.54) is 212 Å². The van der Waals surface area contributed by atoms with Crippen LogP contribution in [0.2, 0.25) is 0 Å². The number of phosphoric acid groups is 2. The molecule has 0 amide bonds. The maximum absolute atomic E-state index is 13.1. The van der Waals surface area contributed by atoms with Crippen molar-refractivity contribution in [3.05, 3.63) is 0 Å². The number of esters is 4. The van der Waals surface area contributed by atoms with E-state index in [4.69, 9.17) is 37.0 Å². The molecule has 0 heterocycles. The molecular formula is C80H156O17P2. The van der Waals surface area contributed by atoms with Gasteiger partial charge in [-0.05, 0) is 49.4 Å². The minimum absolute atomic E-state index is 0.105. The Balaban J connectivity index is 5.21. The van der Waals surface area contributed by atoms with Crippen molar-refractivity contribution >= 4 is 39.5 Å². The quantitative estimate of drug-likeness (QED) is 0.0222. The Kier molecular flexibility index (Phi) is 67.8. The van der Waals surface area contributed by atoms with Crippen LogP contribution in [0.5, 0.6) is 0 Å². The van der Waals surface area contributed by atoms with Crippen LogP contribution in [0.3, 0.4) is 0 Å². The van der Waals surface area contributed by atoms with Gasteiger partial charge in [0.05, 0.1) is 26.4 Å². The summed E-state index contributed by atoms with van der Waals surface area (Å²) in [5.74, 6) is 0.950. The first-order chi connectivity index (χ1) is 47.6. The van der Waals surface area contributed by atoms with Crippen LogP contribution in [0, 0.1) is 23.7 Å². The predicted octanol–water partition coefficient (Wildman–Crippen LogP) is 23.6. The van der Waals surface area contributed by atoms with Crippen molar-refractivity contribution in [2.45, 2.75) is 427 Å². The number of hydrogen-bond donors (Lipinski definition) is 3. The molecule has 99 heavy (non-hydrogen) atoms. The number of aliphatic hydroxyl groups excluding tert-OH is 1. The lowest BCUT2D eigenvalue weighted by atomic mass is 10.0. The molecule has 0 radical (unpaired) electrons. The van der Waals surface area contributed by atoms with Gasteiger partial charge in [-0.15, -0.1) is 0 Å². The molecule has 19 heteroatoms. The lowest BCUT2D eigenvalue weighted by Crippen LogP contribution is -2.30. The van der Waals surface area contributed by atoms with Crippen molar-refractivity contribution in [1.29, 1.82) is 0 Å². The summed E-state index contributed by atoms with van der Waals surface area (Å²) in [6.07, 6.45) is 55.6. The summed E-state index contributed by atoms with van der Waals surface area (Å²) in [5.41, 5.74) is 0. The average Bonchev–Trinajstić information content (AvgIpc) is 0.944. The molecule has 588 valence electrons. The molecule has 0 aliphatic carbocycles. The molecule has 0 aromatic heterocycles. The lowest BCUT2D eigenvalue weighted by molar-refractivity contribution is -0.161. The summed E-state index contributed by atoms with van der Waals surface area (Å²) in [4.78, 5) is 73.0. The highest BCUT2D eigenvalue weighted by atomic mass is 31.2. The third kappa shape index (κ3) is 74.1. The van der Waals surface area contributed by atoms with Gasteiger partial charge in [0.2, 0.25) is 0 Å². The molecule has 0 rings (SSSR count). The topological polar surface area (TPSA) is 237 Å². The normalized spacial score (nSPS) is 14.1. The van der Waals surface area contributed by atoms with E-state index in [0.29, 0.717) is 25.7 Å². The van der Waals surface area contributed by atoms with Crippen LogP contribution in [0.15, 0.2) is 0 Å². The molecule has 0 aliphatic heterocycles. The molecule has 0 aromatic carbocycles. The Hall–Kier alpha value is -1.94. The SMILES string of the molecule is CC(C)CCCCCCCCCCCCCCCCCCCCC(=O)OC[C@H](COP(=O)(O)OCC(O)COP(=O)(O)OC[C@@H](COC(=O)CCCCCCCCCCC(C)C)OC(=O)CCCCCCCCCCCCC(C)C)OC(=O)CCCCCCCCCCCCCC(C)C. The summed E-state index contributed by atoms with van der Waals surface area (Å²) >= 11 is 0. The zero-order valence-electron chi connectivity index (χ0n) is 65.1. The smallest absolute Gasteiger partial charge is 0.462 e. The van der Waals surface area contributed by atoms with Crippen molar-refractivity contribution in [2.24, 2.45) is 23.7 Å². The van der Waals surface area contributed by atoms with Crippen LogP contribution >= 0.6 is 15.6 Å². The summed E-state index contributed by atoms with van der Waals surface area (Å²) < 4.78 is 68.7. The van der Waals surface area contributed by atoms with E-state index in [9.17, 15) is 43.2 Å². The van der Waals surface area contributed by atoms with Gasteiger partial charge in [0, 0.05) is 25.7 Å². The maximum atomic E-state index is 13.1. The Morgan fingerprint density at radius 2 is 0.424 bits per heavy atom. The largest absolute Gasteiger partial charge is 0.472 e. The molecule has 0 saturated heterocycles. The summed E-state index contributed by atoms with van der Waals surface area (Å²) in [5, 5.41) is 10.6. The number of phosphoric ester groups is 2. The number of carbonyl (C=O) groups excluding carboxylic acids is 4. The predicted molar refractivity (Wildman–Crippen MR) is 404 cm³/mol. The Bertz CT molecular complexity index is 1940. The van der Waals surface area contributed by atoms with E-state index in [0.717, 1.165) is 114 Å². The van der Waals surface area contributed by atoms with Crippen molar-refractivity contribution < 1.29 is 80.2 Å². The Morgan fingerprint density at radius 3 is 0.626 bits per heavy atom. The van der Waals surface area contributed by atoms with Crippen molar-refractivity contribution in [3.8, 4) is 0 Å². The van der Waals surface area contributed by atoms with E-state index in [1.807, 2.05) is 0 Å². The molecular weight excluding hydrogens is 1290 g/mol. The van der Waals surface area contributed by atoms with Crippen LogP contribution in [0.25, 0.3) is 0 Å². The molecule has 3 N–H and O–H groups in total. The average molecular weight is 1450 g/mol. The highest BCUT2D eigenvalue weighted by molar-refractivity contribution is 7.47. The third-order valence-electron chi connectivity index (χ3n) is 18.6. The maximum Gasteiger partial charge on any atom is 0.472 e. The third-order valence-corrected chi connectivity index (χ3v) is 20.5. The number of ether oxygens (including phenoxy) is 4. The first-order valence-electron chi connectivity index (χ1n) is 41.2. The number of unbranched alkanes of at least 4 members (excludes halogenated alkanes) is 43. The van der Waals surface area contributed by atoms with Gasteiger partial charge in [-0.3, -0.25) is 37.3 Å². The van der Waals surface area contributed by atoms with Gasteiger partial charge < -0.3 is 33.8 Å². The summed E-state index contributed by atoms with van der Waals surface area (Å²) in [7, 11) is -9.92. The molecule has 0 aliphatic rings. The molecule has 0 bridgehead atoms. The zero-order chi connectivity index (χ0) is 73.1. The second-order valence-electron chi connectivity index (χ2n) is 30.7. The fraction of sp³-hybridized carbons (Fsp3) is 0.950. The second-order valence-corrected chi connectivity index (χ2v) is 33.6. The number of carbonyl (C=O) groups is 4. The van der Waals surface area contributed by atoms with Gasteiger partial charge in [-0.1, -0.05) is 357 Å². The van der Waals surface area contributed by atoms with Crippen LogP contribution < -0.4 is 0 Å². The van der Waals surface area contributed by atoms with Crippen molar-refractivity contribution in [2.75, 3.05) is 39.6 Å². The highest BCUT2D eigenvalue weighted by Crippen LogP contribution is 2.45. The minimum Gasteiger partial charge on any atom is -0.462 e. The van der Waals surface area contributed by atoms with Crippen LogP contribution in [-0.4, -0.2) is 96.7 Å². The number of aliphatic hydroxyl groups is 1. The lowest BCUT2D eigenvalue weighted by Gasteiger charge is -2.21. The second kappa shape index (κ2) is 69.1. The Morgan fingerprint density at radius 1 is 0.253 bits per heavy atom. The highest BCUT2D eigenvalue weighted by Gasteiger charge is 2.30. The minimum atomic E-state index is -4.96. The fourth-order valence-electron chi connectivity index (χ4n) is 12.3. The molecule has 0 aromatic rings. The molecule has 0 spiro atoms. The van der Waals surface area contributed by atoms with Crippen molar-refractivity contribution in [1.82, 2.24) is 0 Å². The van der Waals surface area contributed by atoms with Crippen molar-refractivity contribution in [3.63, 3.8) is 0 Å². The number of hydrogen-bond acceptors (Lipinski definition) is 15. The van der Waals surface area contributed by atoms with Gasteiger partial charge in [0.25, 0.3) is 0 Å². The van der Waals surface area contributed by atoms with E-state index in [-0.39, 0.29) is 25.7 Å². The molecule has 0 fully saturated rings. The van der Waals surface area contributed by atoms with E-state index >= 15 is 0 Å². The van der Waals surface area contributed by atoms with E-state index in [2.05, 4.69) is 55.4 Å². The standard InChI is InChI=1S/C80H156O17P2/c1-70(2)56-48-40-32-24-18-15-13-11-9-10-12-14-16-20-27-36-44-52-60-77(82)90-66-75(96-79(84)62-54-46-38-28-21-17-19-25-33-41-49-57-71(3)4)68-94-98(86,87)92-64-74(81)65-93-99(88,89)95-69-76(67-91-78(83)61-53-45-37-31-30-35-43-51-59-73(7)8)97-80(85)63-55-47-39-29-23-22-26-34-42-50-58-72(5)6/h70-76,81H,9-69H2,1-8H3,(H,86,87)(H,88,89)/t74?,75-,76-/m1/s1. The molecule has 3 unspecified atom stereocenters. The fourth-order valence-corrected chi connectivity index (χ4v) is 13.8. The first kappa shape index (κ1) is 97.1. The van der Waals surface area contributed by atoms with Gasteiger partial charge in [-0.25, -0.2) is 9.13 Å². The molecule has 17 nitrogen and oxygen atoms in total. The van der Waals surface area contributed by atoms with E-state index in [1.54, 1.807) is 0 Å². The van der Waals surface area contributed by atoms with Crippen LogP contribution in [0.1, 0.15) is 409 Å². The zero-order valence-corrected chi connectivity index (χ0v) is 66.9. The Labute approximate surface area is 607 Å². The van der Waals surface area contributed by atoms with Gasteiger partial charge in [-0.2, -0.15) is 0 Å². The summed E-state index contributed by atoms with van der Waals surface area (Å²) in [6.45, 7) is 14.2. The molecule has 5 atom stereocenters. The van der Waals surface area contributed by atoms with Crippen LogP contribution in [-0.2, 0) is 65.4 Å². The van der Waals surface area contributed by atoms with Gasteiger partial charge >= 0.3 is 39.5 Å². The van der Waals surface area contributed by atoms with E-state index < -0.39 is 97.5 Å². The summed E-state index contributed by atoms with van der Waals surface area (Å²) in [6, 6.07) is 0. The number of rotatable bonds is 77. The van der Waals surface area contributed by atoms with Crippen LogP contribution in [0.4, 0.5) is 0 Å².